The summed E-state index contributed by atoms with van der Waals surface area (Å²) < 4.78 is 26.9. The van der Waals surface area contributed by atoms with Crippen molar-refractivity contribution < 1.29 is 13.2 Å². The van der Waals surface area contributed by atoms with Crippen molar-refractivity contribution in [1.29, 1.82) is 0 Å². The third kappa shape index (κ3) is 3.26. The van der Waals surface area contributed by atoms with Crippen LogP contribution in [0.3, 0.4) is 0 Å². The molecule has 0 bridgehead atoms. The van der Waals surface area contributed by atoms with Gasteiger partial charge in [0.2, 0.25) is 9.05 Å². The SMILES string of the molecule is COc1c(CS(=O)(=O)Cl)ccc(C)c1Cl. The molecule has 0 fully saturated rings. The van der Waals surface area contributed by atoms with Gasteiger partial charge in [-0.05, 0) is 12.5 Å². The van der Waals surface area contributed by atoms with E-state index >= 15 is 0 Å². The minimum Gasteiger partial charge on any atom is -0.495 e. The van der Waals surface area contributed by atoms with Gasteiger partial charge in [0.05, 0.1) is 17.9 Å². The van der Waals surface area contributed by atoms with Gasteiger partial charge in [-0.15, -0.1) is 0 Å². The molecule has 84 valence electrons. The maximum atomic E-state index is 10.9. The molecule has 0 aliphatic rings. The smallest absolute Gasteiger partial charge is 0.236 e. The third-order valence-corrected chi connectivity index (χ3v) is 3.36. The monoisotopic (exact) mass is 268 g/mol. The van der Waals surface area contributed by atoms with Crippen molar-refractivity contribution >= 4 is 31.3 Å². The zero-order valence-electron chi connectivity index (χ0n) is 8.25. The van der Waals surface area contributed by atoms with E-state index < -0.39 is 9.05 Å². The van der Waals surface area contributed by atoms with Gasteiger partial charge in [0, 0.05) is 16.2 Å². The van der Waals surface area contributed by atoms with Crippen molar-refractivity contribution in [3.05, 3.63) is 28.3 Å². The van der Waals surface area contributed by atoms with Gasteiger partial charge < -0.3 is 4.74 Å². The predicted octanol–water partition coefficient (Wildman–Crippen LogP) is 2.73. The molecule has 0 aliphatic heterocycles. The van der Waals surface area contributed by atoms with Gasteiger partial charge in [-0.1, -0.05) is 23.7 Å². The standard InChI is InChI=1S/C9H10Cl2O3S/c1-6-3-4-7(5-15(11,12)13)9(14-2)8(6)10/h3-4H,5H2,1-2H3. The van der Waals surface area contributed by atoms with E-state index in [1.807, 2.05) is 6.92 Å². The molecule has 0 aliphatic carbocycles. The van der Waals surface area contributed by atoms with Crippen LogP contribution in [0, 0.1) is 6.92 Å². The highest BCUT2D eigenvalue weighted by molar-refractivity contribution is 8.13. The molecule has 0 saturated heterocycles. The molecule has 1 rings (SSSR count). The average Bonchev–Trinajstić information content (AvgIpc) is 2.10. The number of halogens is 2. The molecule has 1 aromatic rings. The minimum atomic E-state index is -3.61. The van der Waals surface area contributed by atoms with E-state index in [1.54, 1.807) is 12.1 Å². The Balaban J connectivity index is 3.25. The van der Waals surface area contributed by atoms with Crippen LogP contribution in [-0.4, -0.2) is 15.5 Å². The molecular weight excluding hydrogens is 259 g/mol. The maximum Gasteiger partial charge on any atom is 0.236 e. The summed E-state index contributed by atoms with van der Waals surface area (Å²) >= 11 is 5.96. The van der Waals surface area contributed by atoms with Crippen molar-refractivity contribution in [3.8, 4) is 5.75 Å². The molecule has 3 nitrogen and oxygen atoms in total. The van der Waals surface area contributed by atoms with Crippen LogP contribution >= 0.6 is 22.3 Å². The lowest BCUT2D eigenvalue weighted by atomic mass is 10.1. The summed E-state index contributed by atoms with van der Waals surface area (Å²) in [5.74, 6) is 0.0680. The quantitative estimate of drug-likeness (QED) is 0.792. The molecule has 0 unspecified atom stereocenters. The molecule has 0 saturated carbocycles. The predicted molar refractivity (Wildman–Crippen MR) is 61.2 cm³/mol. The maximum absolute atomic E-state index is 10.9. The number of hydrogen-bond donors (Lipinski definition) is 0. The summed E-state index contributed by atoms with van der Waals surface area (Å²) in [6, 6.07) is 3.36. The fourth-order valence-electron chi connectivity index (χ4n) is 1.21. The number of ether oxygens (including phenoxy) is 1. The number of hydrogen-bond acceptors (Lipinski definition) is 3. The van der Waals surface area contributed by atoms with Crippen LogP contribution in [0.4, 0.5) is 0 Å². The third-order valence-electron chi connectivity index (χ3n) is 1.90. The first-order chi connectivity index (χ1) is 6.85. The highest BCUT2D eigenvalue weighted by atomic mass is 35.7. The number of methoxy groups -OCH3 is 1. The number of aryl methyl sites for hydroxylation is 1. The zero-order valence-corrected chi connectivity index (χ0v) is 10.6. The normalized spacial score (nSPS) is 11.5. The van der Waals surface area contributed by atoms with Crippen molar-refractivity contribution in [2.24, 2.45) is 0 Å². The van der Waals surface area contributed by atoms with Crippen LogP contribution in [0.1, 0.15) is 11.1 Å². The van der Waals surface area contributed by atoms with Gasteiger partial charge in [-0.25, -0.2) is 8.42 Å². The van der Waals surface area contributed by atoms with Gasteiger partial charge in [-0.2, -0.15) is 0 Å². The molecular formula is C9H10Cl2O3S. The Morgan fingerprint density at radius 2 is 2.00 bits per heavy atom. The fraction of sp³-hybridized carbons (Fsp3) is 0.333. The summed E-state index contributed by atoms with van der Waals surface area (Å²) in [6.45, 7) is 1.81. The second-order valence-electron chi connectivity index (χ2n) is 3.07. The lowest BCUT2D eigenvalue weighted by Gasteiger charge is -2.10. The van der Waals surface area contributed by atoms with Crippen LogP contribution < -0.4 is 4.74 Å². The second-order valence-corrected chi connectivity index (χ2v) is 6.23. The van der Waals surface area contributed by atoms with Crippen LogP contribution in [0.15, 0.2) is 12.1 Å². The lowest BCUT2D eigenvalue weighted by Crippen LogP contribution is -1.99. The molecule has 15 heavy (non-hydrogen) atoms. The Bertz CT molecular complexity index is 468. The molecule has 0 heterocycles. The Morgan fingerprint density at radius 3 is 2.47 bits per heavy atom. The number of rotatable bonds is 3. The van der Waals surface area contributed by atoms with E-state index in [0.717, 1.165) is 5.56 Å². The van der Waals surface area contributed by atoms with E-state index in [2.05, 4.69) is 0 Å². The second kappa shape index (κ2) is 4.60. The lowest BCUT2D eigenvalue weighted by molar-refractivity contribution is 0.411. The molecule has 0 amide bonds. The van der Waals surface area contributed by atoms with Gasteiger partial charge in [0.15, 0.2) is 0 Å². The van der Waals surface area contributed by atoms with Crippen LogP contribution in [0.2, 0.25) is 5.02 Å². The largest absolute Gasteiger partial charge is 0.495 e. The molecule has 0 aromatic heterocycles. The van der Waals surface area contributed by atoms with Crippen molar-refractivity contribution in [2.45, 2.75) is 12.7 Å². The van der Waals surface area contributed by atoms with E-state index in [-0.39, 0.29) is 5.75 Å². The summed E-state index contributed by atoms with van der Waals surface area (Å²) in [4.78, 5) is 0. The van der Waals surface area contributed by atoms with Gasteiger partial charge in [0.1, 0.15) is 5.75 Å². The van der Waals surface area contributed by atoms with Crippen LogP contribution in [0.5, 0.6) is 5.75 Å². The van der Waals surface area contributed by atoms with Crippen molar-refractivity contribution in [3.63, 3.8) is 0 Å². The highest BCUT2D eigenvalue weighted by Gasteiger charge is 2.15. The van der Waals surface area contributed by atoms with E-state index in [9.17, 15) is 8.42 Å². The van der Waals surface area contributed by atoms with Crippen molar-refractivity contribution in [1.82, 2.24) is 0 Å². The van der Waals surface area contributed by atoms with E-state index in [0.29, 0.717) is 16.3 Å². The Kier molecular flexibility index (Phi) is 3.87. The molecule has 0 atom stereocenters. The first-order valence-corrected chi connectivity index (χ1v) is 6.95. The van der Waals surface area contributed by atoms with Crippen LogP contribution in [0.25, 0.3) is 0 Å². The number of benzene rings is 1. The zero-order chi connectivity index (χ0) is 11.6. The first kappa shape index (κ1) is 12.6. The highest BCUT2D eigenvalue weighted by Crippen LogP contribution is 2.33. The summed E-state index contributed by atoms with van der Waals surface area (Å²) in [7, 11) is 2.99. The summed E-state index contributed by atoms with van der Waals surface area (Å²) in [5.41, 5.74) is 1.28. The molecule has 0 spiro atoms. The minimum absolute atomic E-state index is 0.294. The van der Waals surface area contributed by atoms with Crippen LogP contribution in [-0.2, 0) is 14.8 Å². The summed E-state index contributed by atoms with van der Waals surface area (Å²) in [6.07, 6.45) is 0. The Labute approximate surface area is 98.4 Å². The average molecular weight is 269 g/mol. The van der Waals surface area contributed by atoms with E-state index in [1.165, 1.54) is 7.11 Å². The topological polar surface area (TPSA) is 43.4 Å². The summed E-state index contributed by atoms with van der Waals surface area (Å²) in [5, 5.41) is 0.412. The first-order valence-electron chi connectivity index (χ1n) is 4.09. The molecule has 6 heteroatoms. The van der Waals surface area contributed by atoms with Gasteiger partial charge in [-0.3, -0.25) is 0 Å². The van der Waals surface area contributed by atoms with Gasteiger partial charge in [0.25, 0.3) is 0 Å². The fourth-order valence-corrected chi connectivity index (χ4v) is 2.43. The Hall–Kier alpha value is -0.450. The Morgan fingerprint density at radius 1 is 1.40 bits per heavy atom. The molecule has 0 radical (unpaired) electrons. The van der Waals surface area contributed by atoms with E-state index in [4.69, 9.17) is 27.0 Å². The molecule has 1 aromatic carbocycles. The molecule has 0 N–H and O–H groups in total. The van der Waals surface area contributed by atoms with Gasteiger partial charge >= 0.3 is 0 Å². The van der Waals surface area contributed by atoms with Crippen molar-refractivity contribution in [2.75, 3.05) is 7.11 Å².